The molecular formula is C9H10BrF3N2OZn. The molecule has 2 rings (SSSR count). The zero-order valence-corrected chi connectivity index (χ0v) is 13.5. The molecule has 0 aliphatic carbocycles. The molecule has 0 radical (unpaired) electrons. The van der Waals surface area contributed by atoms with E-state index in [2.05, 4.69) is 18.7 Å². The van der Waals surface area contributed by atoms with Crippen LogP contribution in [-0.4, -0.2) is 16.4 Å². The van der Waals surface area contributed by atoms with Crippen molar-refractivity contribution in [2.75, 3.05) is 6.61 Å². The second-order valence-corrected chi connectivity index (χ2v) is 3.36. The fourth-order valence-electron chi connectivity index (χ4n) is 1.50. The van der Waals surface area contributed by atoms with Gasteiger partial charge in [0.15, 0.2) is 0 Å². The quantitative estimate of drug-likeness (QED) is 0.565. The zero-order valence-electron chi connectivity index (χ0n) is 8.95. The van der Waals surface area contributed by atoms with Crippen LogP contribution in [0.25, 0.3) is 0 Å². The molecule has 1 aromatic heterocycles. The third-order valence-corrected chi connectivity index (χ3v) is 2.26. The summed E-state index contributed by atoms with van der Waals surface area (Å²) in [4.78, 5) is 0. The number of nitrogens with zero attached hydrogens (tertiary/aromatic N) is 2. The Balaban J connectivity index is 0.000000686. The number of hydrogen-bond acceptors (Lipinski definition) is 2. The van der Waals surface area contributed by atoms with Crippen molar-refractivity contribution in [1.82, 2.24) is 9.78 Å². The van der Waals surface area contributed by atoms with Crippen LogP contribution in [0.4, 0.5) is 13.2 Å². The number of rotatable bonds is 1. The third kappa shape index (κ3) is 4.34. The third-order valence-electron chi connectivity index (χ3n) is 2.26. The van der Waals surface area contributed by atoms with Gasteiger partial charge in [-0.3, -0.25) is 0 Å². The number of alkyl halides is 3. The molecule has 0 aromatic carbocycles. The van der Waals surface area contributed by atoms with E-state index in [0.717, 1.165) is 12.6 Å². The standard InChI is InChI=1S/C9H10F3N2O.BrH.Zn/c10-9(11,12)14-6-7(5-13-14)8-3-1-2-4-15-8;;/h1,5-6,8H,2-4H2;1H;/q-1;;+2/p-1. The molecule has 92 valence electrons. The number of aromatic nitrogens is 2. The second-order valence-electron chi connectivity index (χ2n) is 3.36. The molecule has 1 unspecified atom stereocenters. The molecule has 17 heavy (non-hydrogen) atoms. The Morgan fingerprint density at radius 1 is 1.53 bits per heavy atom. The Labute approximate surface area is 114 Å². The van der Waals surface area contributed by atoms with Gasteiger partial charge in [-0.05, 0) is 0 Å². The fraction of sp³-hybridized carbons (Fsp3) is 0.556. The van der Waals surface area contributed by atoms with Gasteiger partial charge in [0.1, 0.15) is 0 Å². The van der Waals surface area contributed by atoms with Crippen LogP contribution in [0.15, 0.2) is 12.4 Å². The van der Waals surface area contributed by atoms with Crippen LogP contribution in [0, 0.1) is 6.42 Å². The van der Waals surface area contributed by atoms with Gasteiger partial charge < -0.3 is 11.2 Å². The first-order valence-corrected chi connectivity index (χ1v) is 11.8. The van der Waals surface area contributed by atoms with Crippen molar-refractivity contribution < 1.29 is 34.3 Å². The van der Waals surface area contributed by atoms with Crippen molar-refractivity contribution in [3.8, 4) is 0 Å². The Bertz CT molecular complexity index is 339. The van der Waals surface area contributed by atoms with Gasteiger partial charge in [-0.25, -0.2) is 0 Å². The Kier molecular flexibility index (Phi) is 6.10. The molecule has 0 N–H and O–H groups in total. The van der Waals surface area contributed by atoms with Gasteiger partial charge >= 0.3 is 36.3 Å². The summed E-state index contributed by atoms with van der Waals surface area (Å²) >= 11 is 4.25. The molecule has 8 heteroatoms. The molecule has 0 amide bonds. The topological polar surface area (TPSA) is 27.1 Å². The van der Waals surface area contributed by atoms with Crippen LogP contribution in [0.5, 0.6) is 0 Å². The van der Waals surface area contributed by atoms with Gasteiger partial charge in [-0.1, -0.05) is 0 Å². The molecule has 3 nitrogen and oxygen atoms in total. The van der Waals surface area contributed by atoms with E-state index in [9.17, 15) is 13.2 Å². The van der Waals surface area contributed by atoms with Gasteiger partial charge in [0, 0.05) is 18.4 Å². The molecule has 1 aliphatic rings. The second kappa shape index (κ2) is 6.85. The molecule has 0 bridgehead atoms. The van der Waals surface area contributed by atoms with Crippen molar-refractivity contribution in [2.45, 2.75) is 25.2 Å². The van der Waals surface area contributed by atoms with E-state index < -0.39 is 6.30 Å². The summed E-state index contributed by atoms with van der Waals surface area (Å²) in [5, 5.41) is 3.26. The summed E-state index contributed by atoms with van der Waals surface area (Å²) in [6.45, 7) is 0.557. The van der Waals surface area contributed by atoms with Gasteiger partial charge in [-0.2, -0.15) is 16.2 Å². The van der Waals surface area contributed by atoms with Crippen LogP contribution in [0.2, 0.25) is 0 Å². The van der Waals surface area contributed by atoms with Crippen LogP contribution in [0.3, 0.4) is 0 Å². The van der Waals surface area contributed by atoms with E-state index >= 15 is 0 Å². The van der Waals surface area contributed by atoms with Crippen LogP contribution >= 0.6 is 13.6 Å². The van der Waals surface area contributed by atoms with Gasteiger partial charge in [0.05, 0.1) is 12.3 Å². The average Bonchev–Trinajstić information content (AvgIpc) is 2.82. The minimum atomic E-state index is -4.45. The van der Waals surface area contributed by atoms with E-state index in [0.29, 0.717) is 18.6 Å². The minimum absolute atomic E-state index is 0.000297. The SMILES string of the molecule is FC(F)(F)n1cc(C2C[CH-]CCO2)cn1.[Zn+][Br]. The fourth-order valence-corrected chi connectivity index (χ4v) is 1.50. The molecule has 1 fully saturated rings. The average molecular weight is 364 g/mol. The molecular weight excluding hydrogens is 354 g/mol. The van der Waals surface area contributed by atoms with E-state index in [-0.39, 0.29) is 10.8 Å². The monoisotopic (exact) mass is 362 g/mol. The molecule has 1 saturated heterocycles. The molecule has 0 saturated carbocycles. The molecule has 2 heterocycles. The summed E-state index contributed by atoms with van der Waals surface area (Å²) in [5.74, 6) is 0. The number of ether oxygens (including phenoxy) is 1. The first-order chi connectivity index (χ1) is 8.07. The van der Waals surface area contributed by atoms with Gasteiger partial charge in [0.2, 0.25) is 0 Å². The van der Waals surface area contributed by atoms with Crippen molar-refractivity contribution in [3.63, 3.8) is 0 Å². The molecule has 1 aliphatic heterocycles. The van der Waals surface area contributed by atoms with E-state index in [1.807, 2.05) is 6.42 Å². The van der Waals surface area contributed by atoms with Crippen molar-refractivity contribution in [2.24, 2.45) is 0 Å². The van der Waals surface area contributed by atoms with Gasteiger partial charge in [0.25, 0.3) is 0 Å². The number of hydrogen-bond donors (Lipinski definition) is 0. The maximum absolute atomic E-state index is 12.2. The van der Waals surface area contributed by atoms with E-state index in [4.69, 9.17) is 4.74 Å². The Morgan fingerprint density at radius 3 is 2.71 bits per heavy atom. The molecule has 0 spiro atoms. The van der Waals surface area contributed by atoms with Crippen molar-refractivity contribution in [3.05, 3.63) is 24.4 Å². The Morgan fingerprint density at radius 2 is 2.24 bits per heavy atom. The summed E-state index contributed by atoms with van der Waals surface area (Å²) < 4.78 is 42.0. The van der Waals surface area contributed by atoms with Crippen molar-refractivity contribution in [1.29, 1.82) is 0 Å². The predicted molar refractivity (Wildman–Crippen MR) is 54.7 cm³/mol. The first-order valence-electron chi connectivity index (χ1n) is 4.89. The molecule has 1 atom stereocenters. The van der Waals surface area contributed by atoms with Crippen LogP contribution in [0.1, 0.15) is 24.5 Å². The molecule has 1 aromatic rings. The van der Waals surface area contributed by atoms with Gasteiger partial charge in [-0.15, -0.1) is 19.6 Å². The van der Waals surface area contributed by atoms with Crippen molar-refractivity contribution >= 4 is 13.6 Å². The maximum atomic E-state index is 12.2. The van der Waals surface area contributed by atoms with Crippen LogP contribution in [-0.2, 0) is 27.4 Å². The van der Waals surface area contributed by atoms with E-state index in [1.165, 1.54) is 22.5 Å². The summed E-state index contributed by atoms with van der Waals surface area (Å²) in [6, 6.07) is 0. The predicted octanol–water partition coefficient (Wildman–Crippen LogP) is 3.26. The first kappa shape index (κ1) is 15.1. The zero-order chi connectivity index (χ0) is 12.9. The van der Waals surface area contributed by atoms with Crippen LogP contribution < -0.4 is 0 Å². The van der Waals surface area contributed by atoms with E-state index in [1.54, 1.807) is 0 Å². The Hall–Kier alpha value is 0.0634. The normalized spacial score (nSPS) is 20.7. The summed E-state index contributed by atoms with van der Waals surface area (Å²) in [5.41, 5.74) is 0.475. The number of halogens is 4. The summed E-state index contributed by atoms with van der Waals surface area (Å²) in [7, 11) is 0. The summed E-state index contributed by atoms with van der Waals surface area (Å²) in [6.07, 6.45) is 0.958.